The quantitative estimate of drug-likeness (QED) is 0.719. The first-order chi connectivity index (χ1) is 5.57. The van der Waals surface area contributed by atoms with Crippen molar-refractivity contribution in [3.8, 4) is 0 Å². The molecule has 1 aromatic rings. The van der Waals surface area contributed by atoms with Crippen molar-refractivity contribution in [2.75, 3.05) is 0 Å². The molecule has 12 heavy (non-hydrogen) atoms. The number of nitrogens with two attached hydrogens (primary N) is 1. The van der Waals surface area contributed by atoms with E-state index in [0.717, 1.165) is 5.56 Å². The highest BCUT2D eigenvalue weighted by molar-refractivity contribution is 6.31. The molecule has 0 atom stereocenters. The molecule has 1 nitrogen and oxygen atoms in total. The van der Waals surface area contributed by atoms with E-state index in [2.05, 4.69) is 0 Å². The molecule has 0 saturated carbocycles. The molecule has 0 spiro atoms. The molecule has 3 heteroatoms. The number of rotatable bonds is 1. The Labute approximate surface area is 76.3 Å². The first-order valence-electron chi connectivity index (χ1n) is 3.72. The van der Waals surface area contributed by atoms with Crippen molar-refractivity contribution in [2.24, 2.45) is 5.73 Å². The fraction of sp³-hybridized carbons (Fsp3) is 0.333. The van der Waals surface area contributed by atoms with E-state index in [1.165, 1.54) is 0 Å². The average Bonchev–Trinajstić information content (AvgIpc) is 2.02. The summed E-state index contributed by atoms with van der Waals surface area (Å²) in [7, 11) is 0. The molecular formula is C9H11ClFN. The zero-order valence-corrected chi connectivity index (χ0v) is 7.87. The third-order valence-corrected chi connectivity index (χ3v) is 2.36. The molecule has 0 radical (unpaired) electrons. The van der Waals surface area contributed by atoms with Crippen molar-refractivity contribution in [3.63, 3.8) is 0 Å². The van der Waals surface area contributed by atoms with E-state index in [4.69, 9.17) is 17.3 Å². The van der Waals surface area contributed by atoms with Crippen LogP contribution in [0.25, 0.3) is 0 Å². The summed E-state index contributed by atoms with van der Waals surface area (Å²) in [6.45, 7) is 3.64. The molecule has 66 valence electrons. The molecular weight excluding hydrogens is 177 g/mol. The van der Waals surface area contributed by atoms with E-state index in [9.17, 15) is 4.39 Å². The molecule has 2 N–H and O–H groups in total. The minimum atomic E-state index is -0.237. The van der Waals surface area contributed by atoms with Crippen LogP contribution in [0.4, 0.5) is 4.39 Å². The van der Waals surface area contributed by atoms with Gasteiger partial charge < -0.3 is 5.73 Å². The number of halogens is 2. The second-order valence-corrected chi connectivity index (χ2v) is 3.20. The van der Waals surface area contributed by atoms with E-state index in [-0.39, 0.29) is 12.4 Å². The Bertz CT molecular complexity index is 284. The third-order valence-electron chi connectivity index (χ3n) is 1.97. The van der Waals surface area contributed by atoms with E-state index in [1.54, 1.807) is 19.9 Å². The Balaban J connectivity index is 3.42. The Morgan fingerprint density at radius 3 is 2.58 bits per heavy atom. The maximum absolute atomic E-state index is 13.3. The summed E-state index contributed by atoms with van der Waals surface area (Å²) in [5.41, 5.74) is 7.19. The van der Waals surface area contributed by atoms with E-state index in [1.807, 2.05) is 0 Å². The van der Waals surface area contributed by atoms with Gasteiger partial charge in [0.1, 0.15) is 5.82 Å². The Morgan fingerprint density at radius 2 is 2.08 bits per heavy atom. The summed E-state index contributed by atoms with van der Waals surface area (Å²) in [5, 5.41) is 0.578. The lowest BCUT2D eigenvalue weighted by Crippen LogP contribution is -2.04. The van der Waals surface area contributed by atoms with Gasteiger partial charge in [-0.05, 0) is 31.0 Å². The summed E-state index contributed by atoms with van der Waals surface area (Å²) in [6.07, 6.45) is 0. The number of hydrogen-bond acceptors (Lipinski definition) is 1. The van der Waals surface area contributed by atoms with Gasteiger partial charge >= 0.3 is 0 Å². The second kappa shape index (κ2) is 3.42. The lowest BCUT2D eigenvalue weighted by Gasteiger charge is -2.08. The van der Waals surface area contributed by atoms with Gasteiger partial charge in [-0.2, -0.15) is 0 Å². The van der Waals surface area contributed by atoms with Gasteiger partial charge in [-0.25, -0.2) is 4.39 Å². The SMILES string of the molecule is Cc1cc(Cl)c(C)c(CN)c1F. The summed E-state index contributed by atoms with van der Waals surface area (Å²) in [4.78, 5) is 0. The highest BCUT2D eigenvalue weighted by Crippen LogP contribution is 2.24. The fourth-order valence-electron chi connectivity index (χ4n) is 1.15. The van der Waals surface area contributed by atoms with Gasteiger partial charge in [0.25, 0.3) is 0 Å². The molecule has 0 fully saturated rings. The standard InChI is InChI=1S/C9H11ClFN/c1-5-3-8(10)6(2)7(4-12)9(5)11/h3H,4,12H2,1-2H3. The Hall–Kier alpha value is -0.600. The highest BCUT2D eigenvalue weighted by Gasteiger charge is 2.10. The van der Waals surface area contributed by atoms with Crippen LogP contribution in [0.2, 0.25) is 5.02 Å². The van der Waals surface area contributed by atoms with Gasteiger partial charge in [0, 0.05) is 17.1 Å². The van der Waals surface area contributed by atoms with E-state index in [0.29, 0.717) is 16.1 Å². The first-order valence-corrected chi connectivity index (χ1v) is 4.10. The third kappa shape index (κ3) is 1.45. The highest BCUT2D eigenvalue weighted by atomic mass is 35.5. The first kappa shape index (κ1) is 9.49. The fourth-order valence-corrected chi connectivity index (χ4v) is 1.43. The lowest BCUT2D eigenvalue weighted by molar-refractivity contribution is 0.599. The topological polar surface area (TPSA) is 26.0 Å². The summed E-state index contributed by atoms with van der Waals surface area (Å²) >= 11 is 5.85. The Kier molecular flexibility index (Phi) is 2.70. The van der Waals surface area contributed by atoms with Crippen molar-refractivity contribution >= 4 is 11.6 Å². The van der Waals surface area contributed by atoms with Crippen LogP contribution in [0, 0.1) is 19.7 Å². The van der Waals surface area contributed by atoms with Crippen molar-refractivity contribution in [3.05, 3.63) is 33.6 Å². The van der Waals surface area contributed by atoms with Gasteiger partial charge in [-0.1, -0.05) is 11.6 Å². The van der Waals surface area contributed by atoms with Crippen LogP contribution in [0.3, 0.4) is 0 Å². The number of hydrogen-bond donors (Lipinski definition) is 1. The monoisotopic (exact) mass is 187 g/mol. The number of benzene rings is 1. The molecule has 0 aliphatic rings. The van der Waals surface area contributed by atoms with Crippen LogP contribution in [-0.4, -0.2) is 0 Å². The minimum Gasteiger partial charge on any atom is -0.326 e. The lowest BCUT2D eigenvalue weighted by atomic mass is 10.0. The molecule has 0 amide bonds. The predicted octanol–water partition coefficient (Wildman–Crippen LogP) is 2.55. The van der Waals surface area contributed by atoms with Crippen LogP contribution in [-0.2, 0) is 6.54 Å². The normalized spacial score (nSPS) is 10.4. The van der Waals surface area contributed by atoms with Crippen LogP contribution in [0.5, 0.6) is 0 Å². The second-order valence-electron chi connectivity index (χ2n) is 2.80. The van der Waals surface area contributed by atoms with Gasteiger partial charge in [0.05, 0.1) is 0 Å². The summed E-state index contributed by atoms with van der Waals surface area (Å²) in [5.74, 6) is -0.237. The predicted molar refractivity (Wildman–Crippen MR) is 48.8 cm³/mol. The summed E-state index contributed by atoms with van der Waals surface area (Å²) < 4.78 is 13.3. The van der Waals surface area contributed by atoms with Gasteiger partial charge in [0.15, 0.2) is 0 Å². The molecule has 0 aliphatic heterocycles. The van der Waals surface area contributed by atoms with Crippen LogP contribution in [0.15, 0.2) is 6.07 Å². The molecule has 0 aromatic heterocycles. The number of aryl methyl sites for hydroxylation is 1. The zero-order valence-electron chi connectivity index (χ0n) is 7.12. The molecule has 0 aliphatic carbocycles. The molecule has 1 rings (SSSR count). The van der Waals surface area contributed by atoms with Crippen LogP contribution >= 0.6 is 11.6 Å². The summed E-state index contributed by atoms with van der Waals surface area (Å²) in [6, 6.07) is 1.62. The van der Waals surface area contributed by atoms with Crippen molar-refractivity contribution < 1.29 is 4.39 Å². The van der Waals surface area contributed by atoms with Gasteiger partial charge in [0.2, 0.25) is 0 Å². The van der Waals surface area contributed by atoms with Crippen LogP contribution in [0.1, 0.15) is 16.7 Å². The van der Waals surface area contributed by atoms with Gasteiger partial charge in [-0.15, -0.1) is 0 Å². The van der Waals surface area contributed by atoms with Crippen molar-refractivity contribution in [1.82, 2.24) is 0 Å². The Morgan fingerprint density at radius 1 is 1.50 bits per heavy atom. The average molecular weight is 188 g/mol. The molecule has 0 heterocycles. The van der Waals surface area contributed by atoms with Crippen molar-refractivity contribution in [2.45, 2.75) is 20.4 Å². The zero-order chi connectivity index (χ0) is 9.30. The molecule has 1 aromatic carbocycles. The maximum Gasteiger partial charge on any atom is 0.130 e. The van der Waals surface area contributed by atoms with Crippen LogP contribution < -0.4 is 5.73 Å². The van der Waals surface area contributed by atoms with Gasteiger partial charge in [-0.3, -0.25) is 0 Å². The van der Waals surface area contributed by atoms with E-state index < -0.39 is 0 Å². The molecule has 0 bridgehead atoms. The smallest absolute Gasteiger partial charge is 0.130 e. The minimum absolute atomic E-state index is 0.194. The van der Waals surface area contributed by atoms with Crippen molar-refractivity contribution in [1.29, 1.82) is 0 Å². The largest absolute Gasteiger partial charge is 0.326 e. The molecule has 0 saturated heterocycles. The molecule has 0 unspecified atom stereocenters. The van der Waals surface area contributed by atoms with E-state index >= 15 is 0 Å². The maximum atomic E-state index is 13.3.